The van der Waals surface area contributed by atoms with E-state index in [2.05, 4.69) is 45.1 Å². The maximum absolute atomic E-state index is 12.0. The van der Waals surface area contributed by atoms with Crippen molar-refractivity contribution < 1.29 is 19.0 Å². The molecular weight excluding hydrogens is 392 g/mol. The van der Waals surface area contributed by atoms with Crippen LogP contribution in [0.5, 0.6) is 17.2 Å². The van der Waals surface area contributed by atoms with Crippen LogP contribution in [0.4, 0.5) is 0 Å². The molecule has 2 aromatic rings. The Hall–Kier alpha value is -3.02. The Labute approximate surface area is 185 Å². The van der Waals surface area contributed by atoms with E-state index in [1.165, 1.54) is 5.56 Å². The van der Waals surface area contributed by atoms with E-state index in [9.17, 15) is 4.79 Å². The number of hydrogen-bond acceptors (Lipinski definition) is 5. The lowest BCUT2D eigenvalue weighted by Gasteiger charge is -2.19. The zero-order chi connectivity index (χ0) is 22.9. The maximum Gasteiger partial charge on any atom is 0.277 e. The molecular formula is C25H34N2O4. The number of nitrogens with one attached hydrogen (secondary N) is 1. The standard InChI is InChI=1S/C25H34N2O4/c1-18(2)13-14-30-22-12-7-19(15-23(22)29-6)16-26-27-24(28)17-31-21-10-8-20(9-11-21)25(3,4)5/h7-12,15-16,18H,13-14,17H2,1-6H3,(H,27,28). The number of carbonyl (C=O) groups excluding carboxylic acids is 1. The molecule has 0 aliphatic heterocycles. The highest BCUT2D eigenvalue weighted by molar-refractivity contribution is 5.83. The molecule has 0 aliphatic rings. The number of rotatable bonds is 10. The fourth-order valence-electron chi connectivity index (χ4n) is 2.70. The van der Waals surface area contributed by atoms with E-state index in [0.717, 1.165) is 12.0 Å². The van der Waals surface area contributed by atoms with Crippen molar-refractivity contribution in [3.05, 3.63) is 53.6 Å². The summed E-state index contributed by atoms with van der Waals surface area (Å²) in [6, 6.07) is 13.3. The van der Waals surface area contributed by atoms with Crippen LogP contribution in [-0.4, -0.2) is 32.4 Å². The first-order chi connectivity index (χ1) is 14.7. The minimum Gasteiger partial charge on any atom is -0.493 e. The van der Waals surface area contributed by atoms with Crippen molar-refractivity contribution in [2.75, 3.05) is 20.3 Å². The fourth-order valence-corrected chi connectivity index (χ4v) is 2.70. The third-order valence-electron chi connectivity index (χ3n) is 4.63. The molecule has 6 nitrogen and oxygen atoms in total. The maximum atomic E-state index is 12.0. The van der Waals surface area contributed by atoms with E-state index < -0.39 is 0 Å². The van der Waals surface area contributed by atoms with Gasteiger partial charge in [-0.1, -0.05) is 46.8 Å². The highest BCUT2D eigenvalue weighted by Gasteiger charge is 2.13. The fraction of sp³-hybridized carbons (Fsp3) is 0.440. The summed E-state index contributed by atoms with van der Waals surface area (Å²) in [5.74, 6) is 2.20. The number of carbonyl (C=O) groups is 1. The molecule has 0 saturated carbocycles. The second kappa shape index (κ2) is 11.4. The Balaban J connectivity index is 1.83. The van der Waals surface area contributed by atoms with Crippen molar-refractivity contribution >= 4 is 12.1 Å². The molecule has 0 bridgehead atoms. The predicted octanol–water partition coefficient (Wildman–Crippen LogP) is 4.95. The SMILES string of the molecule is COc1cc(C=NNC(=O)COc2ccc(C(C)(C)C)cc2)ccc1OCCC(C)C. The van der Waals surface area contributed by atoms with Gasteiger partial charge in [0.1, 0.15) is 5.75 Å². The van der Waals surface area contributed by atoms with E-state index >= 15 is 0 Å². The molecule has 2 aromatic carbocycles. The van der Waals surface area contributed by atoms with Gasteiger partial charge in [0.2, 0.25) is 0 Å². The summed E-state index contributed by atoms with van der Waals surface area (Å²) in [6.45, 7) is 11.3. The third kappa shape index (κ3) is 8.32. The topological polar surface area (TPSA) is 69.2 Å². The molecule has 1 amide bonds. The Morgan fingerprint density at radius 1 is 1.06 bits per heavy atom. The summed E-state index contributed by atoms with van der Waals surface area (Å²) in [5, 5.41) is 3.99. The molecule has 0 atom stereocenters. The number of methoxy groups -OCH3 is 1. The molecule has 0 aliphatic carbocycles. The van der Waals surface area contributed by atoms with Crippen molar-refractivity contribution in [3.63, 3.8) is 0 Å². The van der Waals surface area contributed by atoms with Gasteiger partial charge >= 0.3 is 0 Å². The molecule has 0 unspecified atom stereocenters. The smallest absolute Gasteiger partial charge is 0.277 e. The normalized spacial score (nSPS) is 11.6. The van der Waals surface area contributed by atoms with E-state index in [-0.39, 0.29) is 17.9 Å². The average molecular weight is 427 g/mol. The van der Waals surface area contributed by atoms with Crippen LogP contribution in [0.2, 0.25) is 0 Å². The van der Waals surface area contributed by atoms with Gasteiger partial charge in [-0.3, -0.25) is 4.79 Å². The lowest BCUT2D eigenvalue weighted by atomic mass is 9.87. The van der Waals surface area contributed by atoms with Crippen LogP contribution in [0.15, 0.2) is 47.6 Å². The molecule has 0 radical (unpaired) electrons. The Kier molecular flexibility index (Phi) is 8.91. The van der Waals surface area contributed by atoms with Crippen LogP contribution in [0.3, 0.4) is 0 Å². The van der Waals surface area contributed by atoms with Gasteiger partial charge in [-0.25, -0.2) is 5.43 Å². The molecule has 6 heteroatoms. The number of hydrogen-bond donors (Lipinski definition) is 1. The Morgan fingerprint density at radius 3 is 2.39 bits per heavy atom. The molecule has 168 valence electrons. The summed E-state index contributed by atoms with van der Waals surface area (Å²) < 4.78 is 16.7. The van der Waals surface area contributed by atoms with Crippen molar-refractivity contribution in [1.29, 1.82) is 0 Å². The third-order valence-corrected chi connectivity index (χ3v) is 4.63. The zero-order valence-corrected chi connectivity index (χ0v) is 19.4. The van der Waals surface area contributed by atoms with Gasteiger partial charge in [0.25, 0.3) is 5.91 Å². The van der Waals surface area contributed by atoms with E-state index in [1.807, 2.05) is 42.5 Å². The first-order valence-electron chi connectivity index (χ1n) is 10.5. The number of benzene rings is 2. The molecule has 0 fully saturated rings. The van der Waals surface area contributed by atoms with Gasteiger partial charge in [-0.05, 0) is 59.2 Å². The van der Waals surface area contributed by atoms with Crippen LogP contribution in [0.1, 0.15) is 52.2 Å². The van der Waals surface area contributed by atoms with Crippen molar-refractivity contribution in [1.82, 2.24) is 5.43 Å². The van der Waals surface area contributed by atoms with Crippen LogP contribution < -0.4 is 19.6 Å². The highest BCUT2D eigenvalue weighted by atomic mass is 16.5. The van der Waals surface area contributed by atoms with E-state index in [0.29, 0.717) is 29.8 Å². The zero-order valence-electron chi connectivity index (χ0n) is 19.4. The van der Waals surface area contributed by atoms with Crippen LogP contribution in [0.25, 0.3) is 0 Å². The monoisotopic (exact) mass is 426 g/mol. The lowest BCUT2D eigenvalue weighted by molar-refractivity contribution is -0.123. The van der Waals surface area contributed by atoms with Gasteiger partial charge in [-0.15, -0.1) is 0 Å². The first-order valence-corrected chi connectivity index (χ1v) is 10.5. The number of hydrazone groups is 1. The summed E-state index contributed by atoms with van der Waals surface area (Å²) in [5.41, 5.74) is 4.54. The summed E-state index contributed by atoms with van der Waals surface area (Å²) >= 11 is 0. The van der Waals surface area contributed by atoms with Crippen molar-refractivity contribution in [2.45, 2.75) is 46.5 Å². The quantitative estimate of drug-likeness (QED) is 0.431. The van der Waals surface area contributed by atoms with Crippen LogP contribution in [0, 0.1) is 5.92 Å². The lowest BCUT2D eigenvalue weighted by Crippen LogP contribution is -2.24. The summed E-state index contributed by atoms with van der Waals surface area (Å²) in [6.07, 6.45) is 2.53. The Bertz CT molecular complexity index is 868. The summed E-state index contributed by atoms with van der Waals surface area (Å²) in [7, 11) is 1.60. The van der Waals surface area contributed by atoms with Crippen molar-refractivity contribution in [3.8, 4) is 17.2 Å². The van der Waals surface area contributed by atoms with E-state index in [1.54, 1.807) is 13.3 Å². The highest BCUT2D eigenvalue weighted by Crippen LogP contribution is 2.28. The first kappa shape index (κ1) is 24.3. The Morgan fingerprint density at radius 2 is 1.77 bits per heavy atom. The van der Waals surface area contributed by atoms with Gasteiger partial charge < -0.3 is 14.2 Å². The predicted molar refractivity (Wildman–Crippen MR) is 124 cm³/mol. The van der Waals surface area contributed by atoms with Gasteiger partial charge in [0.15, 0.2) is 18.1 Å². The number of nitrogens with zero attached hydrogens (tertiary/aromatic N) is 1. The second-order valence-corrected chi connectivity index (χ2v) is 8.80. The molecule has 2 rings (SSSR count). The van der Waals surface area contributed by atoms with Gasteiger partial charge in [0, 0.05) is 0 Å². The minimum absolute atomic E-state index is 0.0751. The molecule has 1 N–H and O–H groups in total. The molecule has 31 heavy (non-hydrogen) atoms. The minimum atomic E-state index is -0.336. The number of ether oxygens (including phenoxy) is 3. The number of amides is 1. The average Bonchev–Trinajstić information content (AvgIpc) is 2.72. The molecule has 0 saturated heterocycles. The van der Waals surface area contributed by atoms with E-state index in [4.69, 9.17) is 14.2 Å². The van der Waals surface area contributed by atoms with Crippen LogP contribution in [-0.2, 0) is 10.2 Å². The largest absolute Gasteiger partial charge is 0.493 e. The molecule has 0 spiro atoms. The molecule has 0 heterocycles. The molecule has 0 aromatic heterocycles. The van der Waals surface area contributed by atoms with Crippen molar-refractivity contribution in [2.24, 2.45) is 11.0 Å². The van der Waals surface area contributed by atoms with Gasteiger partial charge in [0.05, 0.1) is 19.9 Å². The summed E-state index contributed by atoms with van der Waals surface area (Å²) in [4.78, 5) is 12.0. The second-order valence-electron chi connectivity index (χ2n) is 8.80. The van der Waals surface area contributed by atoms with Gasteiger partial charge in [-0.2, -0.15) is 5.10 Å². The van der Waals surface area contributed by atoms with Crippen LogP contribution >= 0.6 is 0 Å².